The van der Waals surface area contributed by atoms with Crippen LogP contribution in [-0.2, 0) is 6.54 Å². The topological polar surface area (TPSA) is 53.9 Å². The molecular weight excluding hydrogens is 330 g/mol. The maximum absolute atomic E-state index is 4.62. The van der Waals surface area contributed by atoms with Crippen LogP contribution in [0, 0.1) is 0 Å². The van der Waals surface area contributed by atoms with Crippen LogP contribution in [0.3, 0.4) is 0 Å². The molecule has 0 unspecified atom stereocenters. The van der Waals surface area contributed by atoms with Gasteiger partial charge in [0, 0.05) is 24.3 Å². The van der Waals surface area contributed by atoms with Gasteiger partial charge in [-0.2, -0.15) is 0 Å². The molecule has 0 radical (unpaired) electrons. The molecular formula is C19H21N5S. The molecule has 0 aliphatic carbocycles. The number of aromatic nitrogens is 3. The number of anilines is 2. The summed E-state index contributed by atoms with van der Waals surface area (Å²) < 4.78 is 0. The average Bonchev–Trinajstić information content (AvgIpc) is 3.19. The smallest absolute Gasteiger partial charge is 0.141 e. The van der Waals surface area contributed by atoms with Crippen LogP contribution in [0.1, 0.15) is 24.8 Å². The third-order valence-electron chi connectivity index (χ3n) is 4.34. The van der Waals surface area contributed by atoms with E-state index in [-0.39, 0.29) is 0 Å². The Labute approximate surface area is 151 Å². The van der Waals surface area contributed by atoms with Gasteiger partial charge in [-0.15, -0.1) is 11.3 Å². The second-order valence-corrected chi connectivity index (χ2v) is 7.15. The van der Waals surface area contributed by atoms with Gasteiger partial charge in [-0.1, -0.05) is 18.6 Å². The van der Waals surface area contributed by atoms with Crippen LogP contribution in [0.4, 0.5) is 11.6 Å². The van der Waals surface area contributed by atoms with Gasteiger partial charge in [-0.25, -0.2) is 15.0 Å². The summed E-state index contributed by atoms with van der Waals surface area (Å²) in [6.45, 7) is 3.39. The molecule has 3 aromatic rings. The molecule has 128 valence electrons. The lowest BCUT2D eigenvalue weighted by molar-refractivity contribution is 0.220. The highest BCUT2D eigenvalue weighted by atomic mass is 32.1. The molecule has 6 heteroatoms. The number of pyridine rings is 2. The monoisotopic (exact) mass is 351 g/mol. The normalized spacial score (nSPS) is 15.2. The van der Waals surface area contributed by atoms with Crippen LogP contribution in [0.15, 0.2) is 48.1 Å². The first-order valence-electron chi connectivity index (χ1n) is 8.68. The van der Waals surface area contributed by atoms with Gasteiger partial charge in [0.15, 0.2) is 0 Å². The largest absolute Gasteiger partial charge is 0.325 e. The average molecular weight is 351 g/mol. The molecule has 0 aromatic carbocycles. The van der Waals surface area contributed by atoms with Crippen molar-refractivity contribution >= 4 is 23.0 Å². The minimum atomic E-state index is 0.781. The Morgan fingerprint density at radius 2 is 1.92 bits per heavy atom. The molecule has 4 rings (SSSR count). The Hall–Kier alpha value is -2.31. The lowest BCUT2D eigenvalue weighted by Crippen LogP contribution is -2.29. The van der Waals surface area contributed by atoms with Gasteiger partial charge in [0.05, 0.1) is 0 Å². The molecule has 4 heterocycles. The minimum Gasteiger partial charge on any atom is -0.325 e. The van der Waals surface area contributed by atoms with Gasteiger partial charge >= 0.3 is 0 Å². The van der Waals surface area contributed by atoms with Gasteiger partial charge in [-0.05, 0) is 49.7 Å². The predicted octanol–water partition coefficient (Wildman–Crippen LogP) is 4.33. The van der Waals surface area contributed by atoms with Gasteiger partial charge in [-0.3, -0.25) is 4.90 Å². The summed E-state index contributed by atoms with van der Waals surface area (Å²) in [5, 5.41) is 6.16. The molecule has 0 atom stereocenters. The zero-order valence-electron chi connectivity index (χ0n) is 14.1. The number of nitrogens with zero attached hydrogens (tertiary/aromatic N) is 4. The Balaban J connectivity index is 1.42. The van der Waals surface area contributed by atoms with Gasteiger partial charge in [0.2, 0.25) is 0 Å². The molecule has 1 saturated heterocycles. The van der Waals surface area contributed by atoms with Crippen LogP contribution in [0.5, 0.6) is 0 Å². The number of rotatable bonds is 5. The quantitative estimate of drug-likeness (QED) is 0.741. The fourth-order valence-electron chi connectivity index (χ4n) is 3.07. The Bertz CT molecular complexity index is 795. The third-order valence-corrected chi connectivity index (χ3v) is 5.13. The summed E-state index contributed by atoms with van der Waals surface area (Å²) in [6.07, 6.45) is 7.75. The van der Waals surface area contributed by atoms with Gasteiger partial charge < -0.3 is 5.32 Å². The Morgan fingerprint density at radius 1 is 1.00 bits per heavy atom. The van der Waals surface area contributed by atoms with E-state index in [0.717, 1.165) is 28.9 Å². The summed E-state index contributed by atoms with van der Waals surface area (Å²) in [5.41, 5.74) is 2.14. The van der Waals surface area contributed by atoms with Crippen molar-refractivity contribution in [1.29, 1.82) is 0 Å². The van der Waals surface area contributed by atoms with E-state index < -0.39 is 0 Å². The highest BCUT2D eigenvalue weighted by Gasteiger charge is 2.10. The molecule has 0 saturated carbocycles. The number of nitrogens with one attached hydrogen (secondary N) is 1. The van der Waals surface area contributed by atoms with Crippen LogP contribution < -0.4 is 5.32 Å². The van der Waals surface area contributed by atoms with E-state index in [9.17, 15) is 0 Å². The maximum Gasteiger partial charge on any atom is 0.141 e. The molecule has 0 amide bonds. The lowest BCUT2D eigenvalue weighted by Gasteiger charge is -2.26. The van der Waals surface area contributed by atoms with Gasteiger partial charge in [0.1, 0.15) is 22.3 Å². The molecule has 1 aliphatic heterocycles. The highest BCUT2D eigenvalue weighted by Crippen LogP contribution is 2.22. The zero-order valence-corrected chi connectivity index (χ0v) is 14.9. The standard InChI is InChI=1S/C19H21N5S/c1-2-10-24(11-3-1)14-15-7-8-17(21-13-15)23-18-6-4-5-16(22-18)19-20-9-12-25-19/h4-9,12-13H,1-3,10-11,14H2,(H,21,22,23). The molecule has 1 fully saturated rings. The molecule has 0 spiro atoms. The molecule has 5 nitrogen and oxygen atoms in total. The molecule has 0 bridgehead atoms. The van der Waals surface area contributed by atoms with Gasteiger partial charge in [0.25, 0.3) is 0 Å². The maximum atomic E-state index is 4.62. The van der Waals surface area contributed by atoms with Crippen molar-refractivity contribution in [3.63, 3.8) is 0 Å². The third kappa shape index (κ3) is 4.21. The van der Waals surface area contributed by atoms with E-state index >= 15 is 0 Å². The first kappa shape index (κ1) is 16.2. The zero-order chi connectivity index (χ0) is 16.9. The molecule has 1 aliphatic rings. The summed E-state index contributed by atoms with van der Waals surface area (Å²) in [4.78, 5) is 16.0. The van der Waals surface area contributed by atoms with E-state index in [1.54, 1.807) is 17.5 Å². The van der Waals surface area contributed by atoms with Crippen molar-refractivity contribution in [3.05, 3.63) is 53.7 Å². The van der Waals surface area contributed by atoms with Crippen molar-refractivity contribution in [3.8, 4) is 10.7 Å². The van der Waals surface area contributed by atoms with E-state index in [1.807, 2.05) is 35.8 Å². The first-order valence-corrected chi connectivity index (χ1v) is 9.56. The Kier molecular flexibility index (Phi) is 4.99. The van der Waals surface area contributed by atoms with Crippen LogP contribution >= 0.6 is 11.3 Å². The van der Waals surface area contributed by atoms with Crippen molar-refractivity contribution in [2.75, 3.05) is 18.4 Å². The number of thiazole rings is 1. The predicted molar refractivity (Wildman–Crippen MR) is 102 cm³/mol. The second-order valence-electron chi connectivity index (χ2n) is 6.26. The SMILES string of the molecule is c1cc(Nc2ccc(CN3CCCCC3)cn2)nc(-c2nccs2)c1. The number of hydrogen-bond acceptors (Lipinski definition) is 6. The highest BCUT2D eigenvalue weighted by molar-refractivity contribution is 7.13. The summed E-state index contributed by atoms with van der Waals surface area (Å²) in [7, 11) is 0. The molecule has 3 aromatic heterocycles. The van der Waals surface area contributed by atoms with E-state index in [0.29, 0.717) is 0 Å². The summed E-state index contributed by atoms with van der Waals surface area (Å²) in [5.74, 6) is 1.59. The number of hydrogen-bond donors (Lipinski definition) is 1. The second kappa shape index (κ2) is 7.72. The fourth-order valence-corrected chi connectivity index (χ4v) is 3.68. The van der Waals surface area contributed by atoms with Crippen molar-refractivity contribution < 1.29 is 0 Å². The van der Waals surface area contributed by atoms with Crippen LogP contribution in [0.25, 0.3) is 10.7 Å². The summed E-state index contributed by atoms with van der Waals surface area (Å²) >= 11 is 1.59. The molecule has 25 heavy (non-hydrogen) atoms. The van der Waals surface area contributed by atoms with E-state index in [2.05, 4.69) is 31.2 Å². The molecule has 1 N–H and O–H groups in total. The fraction of sp³-hybridized carbons (Fsp3) is 0.316. The van der Waals surface area contributed by atoms with Crippen molar-refractivity contribution in [2.24, 2.45) is 0 Å². The minimum absolute atomic E-state index is 0.781. The van der Waals surface area contributed by atoms with Crippen LogP contribution in [-0.4, -0.2) is 32.9 Å². The van der Waals surface area contributed by atoms with E-state index in [1.165, 1.54) is 37.9 Å². The lowest BCUT2D eigenvalue weighted by atomic mass is 10.1. The van der Waals surface area contributed by atoms with Crippen molar-refractivity contribution in [1.82, 2.24) is 19.9 Å². The Morgan fingerprint density at radius 3 is 2.68 bits per heavy atom. The van der Waals surface area contributed by atoms with Crippen LogP contribution in [0.2, 0.25) is 0 Å². The summed E-state index contributed by atoms with van der Waals surface area (Å²) in [6, 6.07) is 10.1. The van der Waals surface area contributed by atoms with Crippen molar-refractivity contribution in [2.45, 2.75) is 25.8 Å². The first-order chi connectivity index (χ1) is 12.4. The number of likely N-dealkylation sites (tertiary alicyclic amines) is 1. The number of piperidine rings is 1. The van der Waals surface area contributed by atoms with E-state index in [4.69, 9.17) is 0 Å².